The first-order valence-corrected chi connectivity index (χ1v) is 7.53. The second-order valence-electron chi connectivity index (χ2n) is 5.19. The molecule has 0 unspecified atom stereocenters. The second-order valence-corrected chi connectivity index (χ2v) is 5.19. The van der Waals surface area contributed by atoms with E-state index in [4.69, 9.17) is 0 Å². The molecule has 0 aliphatic heterocycles. The van der Waals surface area contributed by atoms with Crippen molar-refractivity contribution in [3.05, 3.63) is 96.7 Å². The predicted molar refractivity (Wildman–Crippen MR) is 103 cm³/mol. The molecule has 1 aromatic rings. The van der Waals surface area contributed by atoms with Gasteiger partial charge in [0, 0.05) is 24.9 Å². The van der Waals surface area contributed by atoms with Crippen molar-refractivity contribution in [3.63, 3.8) is 0 Å². The van der Waals surface area contributed by atoms with Crippen LogP contribution in [0.5, 0.6) is 0 Å². The zero-order valence-electron chi connectivity index (χ0n) is 14.3. The Morgan fingerprint density at radius 1 is 1.29 bits per heavy atom. The van der Waals surface area contributed by atoms with Crippen molar-refractivity contribution in [2.75, 3.05) is 12.4 Å². The maximum Gasteiger partial charge on any atom is 0.123 e. The van der Waals surface area contributed by atoms with Gasteiger partial charge in [-0.1, -0.05) is 31.4 Å². The molecule has 0 atom stereocenters. The van der Waals surface area contributed by atoms with Gasteiger partial charge in [0.25, 0.3) is 0 Å². The molecule has 0 spiro atoms. The molecule has 0 radical (unpaired) electrons. The van der Waals surface area contributed by atoms with Gasteiger partial charge in [0.2, 0.25) is 0 Å². The van der Waals surface area contributed by atoms with Crippen LogP contribution in [0.15, 0.2) is 95.9 Å². The molecular weight excluding hydrogens is 299 g/mol. The van der Waals surface area contributed by atoms with E-state index in [9.17, 15) is 4.39 Å². The van der Waals surface area contributed by atoms with E-state index in [1.165, 1.54) is 12.1 Å². The van der Waals surface area contributed by atoms with Crippen LogP contribution < -0.4 is 5.32 Å². The maximum atomic E-state index is 12.9. The fourth-order valence-electron chi connectivity index (χ4n) is 1.95. The lowest BCUT2D eigenvalue weighted by Crippen LogP contribution is -1.99. The Balaban J connectivity index is 2.71. The zero-order chi connectivity index (χ0) is 17.9. The molecule has 0 bridgehead atoms. The van der Waals surface area contributed by atoms with Crippen LogP contribution in [0, 0.1) is 5.82 Å². The highest BCUT2D eigenvalue weighted by Crippen LogP contribution is 2.16. The first-order chi connectivity index (χ1) is 11.5. The predicted octanol–water partition coefficient (Wildman–Crippen LogP) is 5.61. The number of hydrogen-bond acceptors (Lipinski definition) is 2. The lowest BCUT2D eigenvalue weighted by atomic mass is 10.1. The van der Waals surface area contributed by atoms with Crippen LogP contribution in [-0.2, 0) is 0 Å². The van der Waals surface area contributed by atoms with Crippen LogP contribution in [0.2, 0.25) is 0 Å². The van der Waals surface area contributed by atoms with Crippen LogP contribution >= 0.6 is 0 Å². The fraction of sp³-hybridized carbons (Fsp3) is 0.143. The first kappa shape index (κ1) is 19.1. The molecule has 2 nitrogen and oxygen atoms in total. The van der Waals surface area contributed by atoms with Crippen LogP contribution in [0.3, 0.4) is 0 Å². The monoisotopic (exact) mass is 322 g/mol. The topological polar surface area (TPSA) is 24.4 Å². The Labute approximate surface area is 143 Å². The average Bonchev–Trinajstić information content (AvgIpc) is 2.57. The normalized spacial score (nSPS) is 12.0. The fourth-order valence-corrected chi connectivity index (χ4v) is 1.95. The van der Waals surface area contributed by atoms with Crippen LogP contribution in [-0.4, -0.2) is 12.8 Å². The molecule has 124 valence electrons. The summed E-state index contributed by atoms with van der Waals surface area (Å²) in [4.78, 5) is 4.08. The van der Waals surface area contributed by atoms with Crippen molar-refractivity contribution in [3.8, 4) is 0 Å². The van der Waals surface area contributed by atoms with E-state index in [0.717, 1.165) is 28.2 Å². The van der Waals surface area contributed by atoms with E-state index in [1.807, 2.05) is 25.2 Å². The molecule has 0 fully saturated rings. The van der Waals surface area contributed by atoms with Crippen LogP contribution in [0.1, 0.15) is 13.3 Å². The molecule has 3 heteroatoms. The second kappa shape index (κ2) is 9.98. The maximum absolute atomic E-state index is 12.9. The number of hydrogen-bond donors (Lipinski definition) is 1. The molecule has 0 aliphatic carbocycles. The lowest BCUT2D eigenvalue weighted by Gasteiger charge is -2.09. The van der Waals surface area contributed by atoms with Gasteiger partial charge in [-0.2, -0.15) is 0 Å². The number of rotatable bonds is 8. The third-order valence-electron chi connectivity index (χ3n) is 3.18. The van der Waals surface area contributed by atoms with Crippen molar-refractivity contribution in [1.29, 1.82) is 0 Å². The highest BCUT2D eigenvalue weighted by Gasteiger charge is 2.00. The number of benzene rings is 1. The Hall–Kier alpha value is -2.90. The zero-order valence-corrected chi connectivity index (χ0v) is 14.3. The number of anilines is 1. The molecule has 0 aromatic heterocycles. The molecule has 0 aliphatic rings. The van der Waals surface area contributed by atoms with E-state index in [0.29, 0.717) is 6.42 Å². The Morgan fingerprint density at radius 3 is 2.50 bits per heavy atom. The van der Waals surface area contributed by atoms with Gasteiger partial charge in [-0.05, 0) is 55.0 Å². The van der Waals surface area contributed by atoms with E-state index in [-0.39, 0.29) is 5.82 Å². The molecule has 0 heterocycles. The van der Waals surface area contributed by atoms with Gasteiger partial charge in [0.05, 0.1) is 5.71 Å². The van der Waals surface area contributed by atoms with Gasteiger partial charge < -0.3 is 5.32 Å². The summed E-state index contributed by atoms with van der Waals surface area (Å²) in [6.07, 6.45) is 8.10. The molecule has 0 amide bonds. The van der Waals surface area contributed by atoms with Gasteiger partial charge >= 0.3 is 0 Å². The van der Waals surface area contributed by atoms with E-state index >= 15 is 0 Å². The third kappa shape index (κ3) is 6.91. The summed E-state index contributed by atoms with van der Waals surface area (Å²) in [5.74, 6) is -0.266. The minimum atomic E-state index is -0.266. The van der Waals surface area contributed by atoms with Crippen LogP contribution in [0.25, 0.3) is 0 Å². The van der Waals surface area contributed by atoms with Crippen molar-refractivity contribution >= 4 is 11.4 Å². The van der Waals surface area contributed by atoms with Crippen molar-refractivity contribution in [2.45, 2.75) is 13.3 Å². The van der Waals surface area contributed by atoms with Crippen molar-refractivity contribution in [2.24, 2.45) is 4.99 Å². The van der Waals surface area contributed by atoms with Gasteiger partial charge in [-0.25, -0.2) is 4.39 Å². The lowest BCUT2D eigenvalue weighted by molar-refractivity contribution is 0.628. The van der Waals surface area contributed by atoms with Crippen molar-refractivity contribution in [1.82, 2.24) is 0 Å². The summed E-state index contributed by atoms with van der Waals surface area (Å²) in [7, 11) is 1.72. The molecule has 1 rings (SSSR count). The SMILES string of the molecule is C=C=C(/C=C(C)/C=C\C(C=C)=N/C)CC(=C)Nc1ccc(F)cc1. The summed E-state index contributed by atoms with van der Waals surface area (Å²) < 4.78 is 12.9. The number of aliphatic imine (C=N–C) groups is 1. The summed E-state index contributed by atoms with van der Waals surface area (Å²) in [5.41, 5.74) is 7.25. The van der Waals surface area contributed by atoms with Gasteiger partial charge in [0.1, 0.15) is 5.82 Å². The van der Waals surface area contributed by atoms with Gasteiger partial charge in [-0.15, -0.1) is 5.73 Å². The molecular formula is C21H23FN2. The number of halogens is 1. The molecule has 0 saturated carbocycles. The highest BCUT2D eigenvalue weighted by molar-refractivity contribution is 6.03. The Bertz CT molecular complexity index is 728. The third-order valence-corrected chi connectivity index (χ3v) is 3.18. The minimum absolute atomic E-state index is 0.266. The Morgan fingerprint density at radius 2 is 1.96 bits per heavy atom. The average molecular weight is 322 g/mol. The van der Waals surface area contributed by atoms with Crippen LogP contribution in [0.4, 0.5) is 10.1 Å². The quantitative estimate of drug-likeness (QED) is 0.375. The van der Waals surface area contributed by atoms with E-state index in [2.05, 4.69) is 35.8 Å². The summed E-state index contributed by atoms with van der Waals surface area (Å²) >= 11 is 0. The van der Waals surface area contributed by atoms with Gasteiger partial charge in [-0.3, -0.25) is 4.99 Å². The first-order valence-electron chi connectivity index (χ1n) is 7.53. The smallest absolute Gasteiger partial charge is 0.123 e. The number of nitrogens with zero attached hydrogens (tertiary/aromatic N) is 1. The number of allylic oxidation sites excluding steroid dienone is 6. The summed E-state index contributed by atoms with van der Waals surface area (Å²) in [6, 6.07) is 6.15. The summed E-state index contributed by atoms with van der Waals surface area (Å²) in [5, 5.41) is 3.15. The van der Waals surface area contributed by atoms with Gasteiger partial charge in [0.15, 0.2) is 0 Å². The Kier molecular flexibility index (Phi) is 7.97. The number of nitrogens with one attached hydrogen (secondary N) is 1. The molecule has 0 saturated heterocycles. The molecule has 1 N–H and O–H groups in total. The molecule has 1 aromatic carbocycles. The highest BCUT2D eigenvalue weighted by atomic mass is 19.1. The minimum Gasteiger partial charge on any atom is -0.359 e. The molecule has 24 heavy (non-hydrogen) atoms. The van der Waals surface area contributed by atoms with Crippen molar-refractivity contribution < 1.29 is 4.39 Å². The van der Waals surface area contributed by atoms with E-state index in [1.54, 1.807) is 25.3 Å². The standard InChI is InChI=1S/C21H23FN2/c1-6-18(14-16(3)8-11-20(7-2)23-5)15-17(4)24-21-12-9-19(22)10-13-21/h7-14,24H,1-2,4,15H2,3,5H3/b11-8-,16-14+,23-20-. The largest absolute Gasteiger partial charge is 0.359 e. The summed E-state index contributed by atoms with van der Waals surface area (Å²) in [6.45, 7) is 13.4. The van der Waals surface area contributed by atoms with E-state index < -0.39 is 0 Å².